The molecule has 76 valence electrons. The molecule has 0 aromatic rings. The molecule has 0 unspecified atom stereocenters. The number of hydrogen-bond donors (Lipinski definition) is 1. The van der Waals surface area contributed by atoms with Crippen LogP contribution in [0.3, 0.4) is 0 Å². The number of rotatable bonds is 1. The van der Waals surface area contributed by atoms with Crippen molar-refractivity contribution in [3.05, 3.63) is 0 Å². The third-order valence-corrected chi connectivity index (χ3v) is 2.47. The number of amides is 1. The summed E-state index contributed by atoms with van der Waals surface area (Å²) < 4.78 is 0. The number of nitrogens with zero attached hydrogens (tertiary/aromatic N) is 1. The van der Waals surface area contributed by atoms with Crippen molar-refractivity contribution in [1.82, 2.24) is 4.90 Å². The molecular formula is C10H19NO2. The Bertz CT molecular complexity index is 196. The molecule has 1 heterocycles. The van der Waals surface area contributed by atoms with Gasteiger partial charge in [0.1, 0.15) is 0 Å². The minimum atomic E-state index is -0.287. The molecule has 3 heteroatoms. The van der Waals surface area contributed by atoms with Crippen LogP contribution in [0.25, 0.3) is 0 Å². The van der Waals surface area contributed by atoms with Gasteiger partial charge >= 0.3 is 0 Å². The molecule has 3 nitrogen and oxygen atoms in total. The van der Waals surface area contributed by atoms with Crippen LogP contribution in [0.2, 0.25) is 0 Å². The molecule has 0 aromatic carbocycles. The molecule has 0 aromatic heterocycles. The monoisotopic (exact) mass is 185 g/mol. The van der Waals surface area contributed by atoms with Gasteiger partial charge in [0.25, 0.3) is 0 Å². The number of aliphatic hydroxyl groups excluding tert-OH is 1. The maximum absolute atomic E-state index is 11.8. The Labute approximate surface area is 79.7 Å². The average Bonchev–Trinajstić information content (AvgIpc) is 2.48. The van der Waals surface area contributed by atoms with Gasteiger partial charge in [-0.2, -0.15) is 0 Å². The number of carbonyl (C=O) groups is 1. The van der Waals surface area contributed by atoms with Gasteiger partial charge in [-0.05, 0) is 6.42 Å². The van der Waals surface area contributed by atoms with E-state index in [1.54, 1.807) is 0 Å². The molecule has 1 rings (SSSR count). The van der Waals surface area contributed by atoms with Crippen LogP contribution in [-0.2, 0) is 4.79 Å². The number of carbonyl (C=O) groups excluding carboxylic acids is 1. The summed E-state index contributed by atoms with van der Waals surface area (Å²) in [5.74, 6) is 0.495. The number of likely N-dealkylation sites (tertiary alicyclic amines) is 1. The van der Waals surface area contributed by atoms with Crippen molar-refractivity contribution in [3.8, 4) is 0 Å². The van der Waals surface area contributed by atoms with Gasteiger partial charge in [-0.15, -0.1) is 0 Å². The van der Waals surface area contributed by atoms with Gasteiger partial charge in [0.15, 0.2) is 0 Å². The fourth-order valence-corrected chi connectivity index (χ4v) is 1.64. The van der Waals surface area contributed by atoms with Crippen LogP contribution in [0.5, 0.6) is 0 Å². The van der Waals surface area contributed by atoms with Crippen molar-refractivity contribution in [1.29, 1.82) is 0 Å². The standard InChI is InChI=1S/C10H19NO2/c1-10(2,3)9(13)11-5-4-8(6-11)7-12/h8,12H,4-7H2,1-3H3/t8-/m0/s1. The summed E-state index contributed by atoms with van der Waals surface area (Å²) in [6.45, 7) is 7.53. The van der Waals surface area contributed by atoms with E-state index in [1.807, 2.05) is 25.7 Å². The minimum absolute atomic E-state index is 0.198. The first kappa shape index (κ1) is 10.5. The van der Waals surface area contributed by atoms with Crippen LogP contribution >= 0.6 is 0 Å². The largest absolute Gasteiger partial charge is 0.396 e. The highest BCUT2D eigenvalue weighted by Gasteiger charge is 2.32. The van der Waals surface area contributed by atoms with Crippen LogP contribution in [0.1, 0.15) is 27.2 Å². The average molecular weight is 185 g/mol. The van der Waals surface area contributed by atoms with Crippen molar-refractivity contribution in [2.75, 3.05) is 19.7 Å². The van der Waals surface area contributed by atoms with Crippen LogP contribution in [-0.4, -0.2) is 35.6 Å². The van der Waals surface area contributed by atoms with Crippen molar-refractivity contribution in [2.45, 2.75) is 27.2 Å². The second-order valence-electron chi connectivity index (χ2n) is 4.84. The van der Waals surface area contributed by atoms with Crippen molar-refractivity contribution in [3.63, 3.8) is 0 Å². The lowest BCUT2D eigenvalue weighted by Crippen LogP contribution is -2.38. The third-order valence-electron chi connectivity index (χ3n) is 2.47. The summed E-state index contributed by atoms with van der Waals surface area (Å²) in [7, 11) is 0. The molecule has 0 bridgehead atoms. The molecule has 0 spiro atoms. The lowest BCUT2D eigenvalue weighted by Gasteiger charge is -2.25. The van der Waals surface area contributed by atoms with Crippen molar-refractivity contribution in [2.24, 2.45) is 11.3 Å². The molecule has 0 saturated carbocycles. The smallest absolute Gasteiger partial charge is 0.227 e. The highest BCUT2D eigenvalue weighted by Crippen LogP contribution is 2.23. The van der Waals surface area contributed by atoms with E-state index in [4.69, 9.17) is 5.11 Å². The number of aliphatic hydroxyl groups is 1. The van der Waals surface area contributed by atoms with E-state index in [9.17, 15) is 4.79 Å². The summed E-state index contributed by atoms with van der Waals surface area (Å²) in [5.41, 5.74) is -0.287. The summed E-state index contributed by atoms with van der Waals surface area (Å²) >= 11 is 0. The first-order valence-corrected chi connectivity index (χ1v) is 4.85. The molecule has 1 atom stereocenters. The molecule has 1 aliphatic heterocycles. The van der Waals surface area contributed by atoms with Crippen molar-refractivity contribution >= 4 is 5.91 Å². The fraction of sp³-hybridized carbons (Fsp3) is 0.900. The van der Waals surface area contributed by atoms with Gasteiger partial charge in [0.2, 0.25) is 5.91 Å². The molecule has 0 aliphatic carbocycles. The highest BCUT2D eigenvalue weighted by atomic mass is 16.3. The van der Waals surface area contributed by atoms with Crippen LogP contribution < -0.4 is 0 Å². The third kappa shape index (κ3) is 2.44. The van der Waals surface area contributed by atoms with Gasteiger partial charge in [-0.3, -0.25) is 4.79 Å². The Morgan fingerprint density at radius 3 is 2.54 bits per heavy atom. The zero-order valence-corrected chi connectivity index (χ0v) is 8.71. The fourth-order valence-electron chi connectivity index (χ4n) is 1.64. The molecular weight excluding hydrogens is 166 g/mol. The van der Waals surface area contributed by atoms with Gasteiger partial charge in [-0.25, -0.2) is 0 Å². The van der Waals surface area contributed by atoms with Gasteiger partial charge in [-0.1, -0.05) is 20.8 Å². The zero-order valence-electron chi connectivity index (χ0n) is 8.71. The molecule has 1 amide bonds. The lowest BCUT2D eigenvalue weighted by atomic mass is 9.95. The Kier molecular flexibility index (Phi) is 2.96. The van der Waals surface area contributed by atoms with Crippen LogP contribution in [0.4, 0.5) is 0 Å². The second-order valence-corrected chi connectivity index (χ2v) is 4.84. The van der Waals surface area contributed by atoms with E-state index in [1.165, 1.54) is 0 Å². The second kappa shape index (κ2) is 3.66. The zero-order chi connectivity index (χ0) is 10.1. The van der Waals surface area contributed by atoms with Gasteiger partial charge in [0, 0.05) is 31.0 Å². The normalized spacial score (nSPS) is 23.7. The summed E-state index contributed by atoms with van der Waals surface area (Å²) in [4.78, 5) is 13.6. The molecule has 1 aliphatic rings. The Hall–Kier alpha value is -0.570. The van der Waals surface area contributed by atoms with E-state index in [0.29, 0.717) is 5.92 Å². The predicted molar refractivity (Wildman–Crippen MR) is 51.2 cm³/mol. The SMILES string of the molecule is CC(C)(C)C(=O)N1CC[C@H](CO)C1. The first-order chi connectivity index (χ1) is 5.95. The highest BCUT2D eigenvalue weighted by molar-refractivity contribution is 5.81. The summed E-state index contributed by atoms with van der Waals surface area (Å²) in [5, 5.41) is 8.93. The van der Waals surface area contributed by atoms with Crippen molar-refractivity contribution < 1.29 is 9.90 Å². The van der Waals surface area contributed by atoms with E-state index >= 15 is 0 Å². The Balaban J connectivity index is 2.52. The number of hydrogen-bond acceptors (Lipinski definition) is 2. The van der Waals surface area contributed by atoms with Crippen LogP contribution in [0, 0.1) is 11.3 Å². The lowest BCUT2D eigenvalue weighted by molar-refractivity contribution is -0.138. The van der Waals surface area contributed by atoms with Crippen LogP contribution in [0.15, 0.2) is 0 Å². The minimum Gasteiger partial charge on any atom is -0.396 e. The molecule has 13 heavy (non-hydrogen) atoms. The maximum Gasteiger partial charge on any atom is 0.227 e. The first-order valence-electron chi connectivity index (χ1n) is 4.85. The molecule has 1 N–H and O–H groups in total. The van der Waals surface area contributed by atoms with E-state index in [2.05, 4.69) is 0 Å². The van der Waals surface area contributed by atoms with E-state index < -0.39 is 0 Å². The Morgan fingerprint density at radius 2 is 2.15 bits per heavy atom. The molecule has 0 radical (unpaired) electrons. The predicted octanol–water partition coefficient (Wildman–Crippen LogP) is 0.873. The Morgan fingerprint density at radius 1 is 1.54 bits per heavy atom. The summed E-state index contributed by atoms with van der Waals surface area (Å²) in [6.07, 6.45) is 0.943. The quantitative estimate of drug-likeness (QED) is 0.658. The van der Waals surface area contributed by atoms with E-state index in [-0.39, 0.29) is 17.9 Å². The van der Waals surface area contributed by atoms with Gasteiger partial charge in [0.05, 0.1) is 0 Å². The van der Waals surface area contributed by atoms with Gasteiger partial charge < -0.3 is 10.0 Å². The van der Waals surface area contributed by atoms with E-state index in [0.717, 1.165) is 19.5 Å². The molecule has 1 fully saturated rings. The topological polar surface area (TPSA) is 40.5 Å². The maximum atomic E-state index is 11.8. The molecule has 1 saturated heterocycles. The summed E-state index contributed by atoms with van der Waals surface area (Å²) in [6, 6.07) is 0.